The lowest BCUT2D eigenvalue weighted by atomic mass is 10.2. The zero-order chi connectivity index (χ0) is 21.6. The van der Waals surface area contributed by atoms with Gasteiger partial charge >= 0.3 is 6.18 Å². The summed E-state index contributed by atoms with van der Waals surface area (Å²) in [6, 6.07) is 10.3. The van der Waals surface area contributed by atoms with Crippen LogP contribution in [-0.4, -0.2) is 47.0 Å². The molecule has 0 spiro atoms. The fourth-order valence-corrected chi connectivity index (χ4v) is 2.77. The van der Waals surface area contributed by atoms with Gasteiger partial charge in [0.25, 0.3) is 0 Å². The van der Waals surface area contributed by atoms with Gasteiger partial charge in [-0.1, -0.05) is 6.07 Å². The molecule has 0 amide bonds. The number of alkyl halides is 3. The highest BCUT2D eigenvalue weighted by atomic mass is 19.4. The smallest absolute Gasteiger partial charge is 0.354 e. The van der Waals surface area contributed by atoms with Crippen molar-refractivity contribution >= 4 is 17.5 Å². The van der Waals surface area contributed by atoms with E-state index in [-0.39, 0.29) is 0 Å². The van der Waals surface area contributed by atoms with E-state index in [0.29, 0.717) is 29.7 Å². The maximum Gasteiger partial charge on any atom is 0.416 e. The van der Waals surface area contributed by atoms with Gasteiger partial charge in [-0.05, 0) is 57.4 Å². The molecule has 1 aromatic carbocycles. The maximum absolute atomic E-state index is 13.0. The summed E-state index contributed by atoms with van der Waals surface area (Å²) in [5.41, 5.74) is 0.960. The lowest BCUT2D eigenvalue weighted by molar-refractivity contribution is -0.137. The Hall–Kier alpha value is -3.20. The Bertz CT molecular complexity index is 960. The zero-order valence-electron chi connectivity index (χ0n) is 16.7. The molecule has 0 radical (unpaired) electrons. The minimum absolute atomic E-state index is 0.291. The number of hydrogen-bond donors (Lipinski definition) is 2. The molecule has 9 heteroatoms. The minimum atomic E-state index is -4.41. The predicted molar refractivity (Wildman–Crippen MR) is 112 cm³/mol. The monoisotopic (exact) mass is 416 g/mol. The molecule has 2 aromatic heterocycles. The van der Waals surface area contributed by atoms with Crippen molar-refractivity contribution in [1.82, 2.24) is 19.9 Å². The number of rotatable bonds is 8. The van der Waals surface area contributed by atoms with Crippen LogP contribution in [0.25, 0.3) is 11.3 Å². The van der Waals surface area contributed by atoms with Crippen LogP contribution in [0.5, 0.6) is 0 Å². The molecule has 0 saturated carbocycles. The Morgan fingerprint density at radius 2 is 1.87 bits per heavy atom. The van der Waals surface area contributed by atoms with Gasteiger partial charge in [0.2, 0.25) is 5.95 Å². The van der Waals surface area contributed by atoms with Crippen molar-refractivity contribution in [2.24, 2.45) is 0 Å². The lowest BCUT2D eigenvalue weighted by Crippen LogP contribution is -2.17. The summed E-state index contributed by atoms with van der Waals surface area (Å²) in [4.78, 5) is 15.1. The van der Waals surface area contributed by atoms with Gasteiger partial charge in [-0.2, -0.15) is 18.2 Å². The number of nitrogens with zero attached hydrogens (tertiary/aromatic N) is 4. The fraction of sp³-hybridized carbons (Fsp3) is 0.286. The number of aromatic nitrogens is 3. The molecule has 0 aliphatic heterocycles. The quantitative estimate of drug-likeness (QED) is 0.521. The summed E-state index contributed by atoms with van der Waals surface area (Å²) in [5, 5.41) is 6.14. The number of hydrogen-bond acceptors (Lipinski definition) is 6. The average molecular weight is 416 g/mol. The third-order valence-electron chi connectivity index (χ3n) is 4.21. The van der Waals surface area contributed by atoms with Crippen molar-refractivity contribution in [3.63, 3.8) is 0 Å². The van der Waals surface area contributed by atoms with E-state index in [9.17, 15) is 13.2 Å². The summed E-state index contributed by atoms with van der Waals surface area (Å²) in [7, 11) is 3.99. The second-order valence-electron chi connectivity index (χ2n) is 6.99. The normalized spacial score (nSPS) is 11.5. The van der Waals surface area contributed by atoms with Crippen LogP contribution in [0.2, 0.25) is 0 Å². The molecular formula is C21H23F3N6. The Kier molecular flexibility index (Phi) is 6.83. The van der Waals surface area contributed by atoms with Crippen LogP contribution in [0.1, 0.15) is 12.0 Å². The maximum atomic E-state index is 13.0. The number of halogens is 3. The molecule has 0 unspecified atom stereocenters. The summed E-state index contributed by atoms with van der Waals surface area (Å²) in [5.74, 6) is 0.780. The van der Waals surface area contributed by atoms with Gasteiger partial charge in [-0.15, -0.1) is 0 Å². The van der Waals surface area contributed by atoms with E-state index >= 15 is 0 Å². The number of pyridine rings is 1. The molecule has 3 aromatic rings. The van der Waals surface area contributed by atoms with Crippen molar-refractivity contribution in [3.8, 4) is 11.3 Å². The summed E-state index contributed by atoms with van der Waals surface area (Å²) < 4.78 is 39.0. The van der Waals surface area contributed by atoms with E-state index < -0.39 is 11.7 Å². The zero-order valence-corrected chi connectivity index (χ0v) is 16.7. The van der Waals surface area contributed by atoms with Crippen LogP contribution in [0, 0.1) is 0 Å². The first kappa shape index (κ1) is 21.5. The van der Waals surface area contributed by atoms with Crippen LogP contribution in [0.4, 0.5) is 30.6 Å². The third-order valence-corrected chi connectivity index (χ3v) is 4.21. The molecule has 2 N–H and O–H groups in total. The largest absolute Gasteiger partial charge is 0.416 e. The van der Waals surface area contributed by atoms with E-state index in [2.05, 4.69) is 30.5 Å². The van der Waals surface area contributed by atoms with Gasteiger partial charge in [-0.25, -0.2) is 4.98 Å². The van der Waals surface area contributed by atoms with Crippen molar-refractivity contribution in [2.45, 2.75) is 12.6 Å². The Labute approximate surface area is 173 Å². The number of benzene rings is 1. The molecule has 0 fully saturated rings. The van der Waals surface area contributed by atoms with Crippen LogP contribution >= 0.6 is 0 Å². The van der Waals surface area contributed by atoms with Gasteiger partial charge in [-0.3, -0.25) is 4.98 Å². The molecule has 0 bridgehead atoms. The van der Waals surface area contributed by atoms with Crippen molar-refractivity contribution in [2.75, 3.05) is 37.8 Å². The van der Waals surface area contributed by atoms with Crippen molar-refractivity contribution in [1.29, 1.82) is 0 Å². The van der Waals surface area contributed by atoms with Crippen molar-refractivity contribution < 1.29 is 13.2 Å². The molecule has 2 heterocycles. The topological polar surface area (TPSA) is 66.0 Å². The van der Waals surface area contributed by atoms with Crippen LogP contribution in [-0.2, 0) is 6.18 Å². The number of anilines is 3. The minimum Gasteiger partial charge on any atom is -0.354 e. The first-order chi connectivity index (χ1) is 14.3. The van der Waals surface area contributed by atoms with E-state index in [1.807, 2.05) is 20.2 Å². The van der Waals surface area contributed by atoms with Gasteiger partial charge in [0, 0.05) is 36.3 Å². The van der Waals surface area contributed by atoms with E-state index in [1.54, 1.807) is 30.6 Å². The van der Waals surface area contributed by atoms with Gasteiger partial charge in [0.15, 0.2) is 0 Å². The molecule has 0 saturated heterocycles. The standard InChI is InChI=1S/C21H23F3N6/c1-30(2)11-5-10-26-20-28-18(15-6-4-9-25-14-15)13-19(29-20)27-17-8-3-7-16(12-17)21(22,23)24/h3-4,6-9,12-14H,5,10-11H2,1-2H3,(H2,26,27,28,29). The molecule has 158 valence electrons. The Morgan fingerprint density at radius 3 is 2.57 bits per heavy atom. The highest BCUT2D eigenvalue weighted by Crippen LogP contribution is 2.31. The van der Waals surface area contributed by atoms with Crippen LogP contribution in [0.3, 0.4) is 0 Å². The lowest BCUT2D eigenvalue weighted by Gasteiger charge is -2.13. The SMILES string of the molecule is CN(C)CCCNc1nc(Nc2cccc(C(F)(F)F)c2)cc(-c2cccnc2)n1. The van der Waals surface area contributed by atoms with E-state index in [1.165, 1.54) is 6.07 Å². The summed E-state index contributed by atoms with van der Waals surface area (Å²) >= 11 is 0. The fourth-order valence-electron chi connectivity index (χ4n) is 2.77. The van der Waals surface area contributed by atoms with Gasteiger partial charge < -0.3 is 15.5 Å². The first-order valence-corrected chi connectivity index (χ1v) is 9.43. The molecule has 0 aliphatic rings. The van der Waals surface area contributed by atoms with Gasteiger partial charge in [0.05, 0.1) is 11.3 Å². The van der Waals surface area contributed by atoms with Crippen molar-refractivity contribution in [3.05, 3.63) is 60.4 Å². The van der Waals surface area contributed by atoms with Crippen LogP contribution in [0.15, 0.2) is 54.9 Å². The van der Waals surface area contributed by atoms with Crippen LogP contribution < -0.4 is 10.6 Å². The molecule has 3 rings (SSSR count). The molecule has 0 atom stereocenters. The molecule has 0 aliphatic carbocycles. The number of nitrogens with one attached hydrogen (secondary N) is 2. The van der Waals surface area contributed by atoms with Gasteiger partial charge in [0.1, 0.15) is 5.82 Å². The molecular weight excluding hydrogens is 393 g/mol. The van der Waals surface area contributed by atoms with E-state index in [4.69, 9.17) is 0 Å². The highest BCUT2D eigenvalue weighted by Gasteiger charge is 2.30. The van der Waals surface area contributed by atoms with E-state index in [0.717, 1.165) is 30.7 Å². The highest BCUT2D eigenvalue weighted by molar-refractivity contribution is 5.67. The summed E-state index contributed by atoms with van der Waals surface area (Å²) in [6.45, 7) is 1.57. The predicted octanol–water partition coefficient (Wildman–Crippen LogP) is 4.66. The average Bonchev–Trinajstić information content (AvgIpc) is 2.71. The first-order valence-electron chi connectivity index (χ1n) is 9.43. The molecule has 30 heavy (non-hydrogen) atoms. The second-order valence-corrected chi connectivity index (χ2v) is 6.99. The third kappa shape index (κ3) is 6.15. The summed E-state index contributed by atoms with van der Waals surface area (Å²) in [6.07, 6.45) is -0.188. The second kappa shape index (κ2) is 9.53. The molecule has 6 nitrogen and oxygen atoms in total. The Balaban J connectivity index is 1.86. The Morgan fingerprint density at radius 1 is 1.03 bits per heavy atom.